The lowest BCUT2D eigenvalue weighted by Gasteiger charge is -2.01. The van der Waals surface area contributed by atoms with Crippen molar-refractivity contribution in [3.8, 4) is 17.6 Å². The Bertz CT molecular complexity index is 622. The van der Waals surface area contributed by atoms with Gasteiger partial charge in [-0.2, -0.15) is 0 Å². The summed E-state index contributed by atoms with van der Waals surface area (Å²) in [4.78, 5) is 11.5. The molecule has 0 fully saturated rings. The van der Waals surface area contributed by atoms with E-state index >= 15 is 0 Å². The molecule has 0 saturated carbocycles. The first-order valence-electron chi connectivity index (χ1n) is 6.37. The molecule has 100 valence electrons. The van der Waals surface area contributed by atoms with Crippen LogP contribution in [0.1, 0.15) is 11.1 Å². The van der Waals surface area contributed by atoms with Gasteiger partial charge in [0.2, 0.25) is 0 Å². The normalized spacial score (nSPS) is 9.40. The highest BCUT2D eigenvalue weighted by Crippen LogP contribution is 2.09. The molecule has 0 saturated heterocycles. The third-order valence-electron chi connectivity index (χ3n) is 2.73. The highest BCUT2D eigenvalue weighted by atomic mass is 16.3. The summed E-state index contributed by atoms with van der Waals surface area (Å²) in [5, 5.41) is 11.9. The van der Waals surface area contributed by atoms with Gasteiger partial charge < -0.3 is 10.4 Å². The van der Waals surface area contributed by atoms with E-state index in [1.54, 1.807) is 12.1 Å². The fourth-order valence-electron chi connectivity index (χ4n) is 1.68. The lowest BCUT2D eigenvalue weighted by Crippen LogP contribution is -2.23. The largest absolute Gasteiger partial charge is 0.508 e. The Labute approximate surface area is 118 Å². The molecule has 20 heavy (non-hydrogen) atoms. The molecule has 0 bridgehead atoms. The second-order valence-corrected chi connectivity index (χ2v) is 4.29. The quantitative estimate of drug-likeness (QED) is 0.835. The Morgan fingerprint density at radius 2 is 1.75 bits per heavy atom. The molecule has 0 heterocycles. The molecule has 2 N–H and O–H groups in total. The molecule has 3 nitrogen and oxygen atoms in total. The van der Waals surface area contributed by atoms with Crippen LogP contribution >= 0.6 is 0 Å². The van der Waals surface area contributed by atoms with Gasteiger partial charge in [-0.05, 0) is 36.2 Å². The van der Waals surface area contributed by atoms with Crippen LogP contribution in [0.15, 0.2) is 54.6 Å². The minimum Gasteiger partial charge on any atom is -0.508 e. The number of rotatable bonds is 3. The summed E-state index contributed by atoms with van der Waals surface area (Å²) in [5.41, 5.74) is 1.88. The van der Waals surface area contributed by atoms with E-state index in [9.17, 15) is 4.79 Å². The number of carbonyl (C=O) groups excluding carboxylic acids is 1. The fraction of sp³-hybridized carbons (Fsp3) is 0.118. The van der Waals surface area contributed by atoms with E-state index in [-0.39, 0.29) is 11.7 Å². The van der Waals surface area contributed by atoms with E-state index in [1.165, 1.54) is 0 Å². The number of hydrogen-bond acceptors (Lipinski definition) is 2. The monoisotopic (exact) mass is 265 g/mol. The van der Waals surface area contributed by atoms with Gasteiger partial charge in [0.15, 0.2) is 0 Å². The van der Waals surface area contributed by atoms with Crippen LogP contribution in [-0.2, 0) is 11.2 Å². The highest BCUT2D eigenvalue weighted by Gasteiger charge is 1.97. The Kier molecular flexibility index (Phi) is 4.80. The van der Waals surface area contributed by atoms with Crippen molar-refractivity contribution in [1.29, 1.82) is 0 Å². The van der Waals surface area contributed by atoms with Crippen molar-refractivity contribution >= 4 is 5.91 Å². The first kappa shape index (κ1) is 13.7. The van der Waals surface area contributed by atoms with Gasteiger partial charge in [0.1, 0.15) is 5.75 Å². The first-order valence-corrected chi connectivity index (χ1v) is 6.37. The summed E-state index contributed by atoms with van der Waals surface area (Å²) >= 11 is 0. The average Bonchev–Trinajstić information content (AvgIpc) is 2.48. The molecule has 2 rings (SSSR count). The zero-order valence-electron chi connectivity index (χ0n) is 11.0. The second kappa shape index (κ2) is 7.01. The van der Waals surface area contributed by atoms with Crippen LogP contribution in [0.25, 0.3) is 0 Å². The molecule has 0 aliphatic heterocycles. The zero-order chi connectivity index (χ0) is 14.2. The van der Waals surface area contributed by atoms with Crippen molar-refractivity contribution in [2.75, 3.05) is 6.54 Å². The molecular weight excluding hydrogens is 250 g/mol. The fourth-order valence-corrected chi connectivity index (χ4v) is 1.68. The Balaban J connectivity index is 1.78. The molecule has 2 aromatic carbocycles. The molecule has 0 atom stereocenters. The highest BCUT2D eigenvalue weighted by molar-refractivity contribution is 5.94. The van der Waals surface area contributed by atoms with Crippen LogP contribution in [0.3, 0.4) is 0 Å². The maximum Gasteiger partial charge on any atom is 0.296 e. The predicted octanol–water partition coefficient (Wildman–Crippen LogP) is 2.10. The maximum absolute atomic E-state index is 11.5. The van der Waals surface area contributed by atoms with Gasteiger partial charge in [-0.3, -0.25) is 4.79 Å². The van der Waals surface area contributed by atoms with Crippen LogP contribution < -0.4 is 5.32 Å². The summed E-state index contributed by atoms with van der Waals surface area (Å²) < 4.78 is 0. The molecule has 0 aliphatic rings. The summed E-state index contributed by atoms with van der Waals surface area (Å²) in [5.74, 6) is 5.32. The molecule has 0 spiro atoms. The topological polar surface area (TPSA) is 49.3 Å². The lowest BCUT2D eigenvalue weighted by atomic mass is 10.1. The first-order chi connectivity index (χ1) is 9.74. The lowest BCUT2D eigenvalue weighted by molar-refractivity contribution is -0.115. The number of nitrogens with one attached hydrogen (secondary N) is 1. The molecule has 0 aromatic heterocycles. The predicted molar refractivity (Wildman–Crippen MR) is 78.1 cm³/mol. The Morgan fingerprint density at radius 1 is 1.05 bits per heavy atom. The minimum absolute atomic E-state index is 0.242. The average molecular weight is 265 g/mol. The molecule has 3 heteroatoms. The SMILES string of the molecule is O=C(C#Cc1ccccc1)NCCc1ccc(O)cc1. The van der Waals surface area contributed by atoms with Crippen molar-refractivity contribution < 1.29 is 9.90 Å². The van der Waals surface area contributed by atoms with Gasteiger partial charge in [0.25, 0.3) is 5.91 Å². The van der Waals surface area contributed by atoms with Gasteiger partial charge >= 0.3 is 0 Å². The minimum atomic E-state index is -0.285. The molecule has 0 aliphatic carbocycles. The van der Waals surface area contributed by atoms with Crippen LogP contribution in [0.5, 0.6) is 5.75 Å². The van der Waals surface area contributed by atoms with E-state index < -0.39 is 0 Å². The number of amides is 1. The van der Waals surface area contributed by atoms with Gasteiger partial charge in [-0.25, -0.2) is 0 Å². The van der Waals surface area contributed by atoms with Crippen LogP contribution in [0.2, 0.25) is 0 Å². The smallest absolute Gasteiger partial charge is 0.296 e. The number of carbonyl (C=O) groups is 1. The van der Waals surface area contributed by atoms with E-state index in [0.717, 1.165) is 11.1 Å². The summed E-state index contributed by atoms with van der Waals surface area (Å²) in [6, 6.07) is 16.3. The van der Waals surface area contributed by atoms with Crippen molar-refractivity contribution in [2.24, 2.45) is 0 Å². The summed E-state index contributed by atoms with van der Waals surface area (Å²) in [7, 11) is 0. The van der Waals surface area contributed by atoms with Crippen LogP contribution in [-0.4, -0.2) is 17.6 Å². The number of phenolic OH excluding ortho intramolecular Hbond substituents is 1. The van der Waals surface area contributed by atoms with Gasteiger partial charge in [0, 0.05) is 18.0 Å². The maximum atomic E-state index is 11.5. The number of benzene rings is 2. The van der Waals surface area contributed by atoms with E-state index in [2.05, 4.69) is 17.2 Å². The molecule has 2 aromatic rings. The Hall–Kier alpha value is -2.73. The number of phenols is 1. The van der Waals surface area contributed by atoms with Crippen molar-refractivity contribution in [2.45, 2.75) is 6.42 Å². The zero-order valence-corrected chi connectivity index (χ0v) is 11.0. The number of aromatic hydroxyl groups is 1. The summed E-state index contributed by atoms with van der Waals surface area (Å²) in [6.07, 6.45) is 0.707. The van der Waals surface area contributed by atoms with Gasteiger partial charge in [-0.1, -0.05) is 36.3 Å². The van der Waals surface area contributed by atoms with E-state index in [4.69, 9.17) is 5.11 Å². The molecule has 1 amide bonds. The standard InChI is InChI=1S/C17H15NO2/c19-16-9-6-15(7-10-16)12-13-18-17(20)11-8-14-4-2-1-3-5-14/h1-7,9-10,19H,12-13H2,(H,18,20). The van der Waals surface area contributed by atoms with Gasteiger partial charge in [0.05, 0.1) is 0 Å². The van der Waals surface area contributed by atoms with Crippen molar-refractivity contribution in [3.63, 3.8) is 0 Å². The van der Waals surface area contributed by atoms with Crippen molar-refractivity contribution in [3.05, 3.63) is 65.7 Å². The summed E-state index contributed by atoms with van der Waals surface area (Å²) in [6.45, 7) is 0.521. The third-order valence-corrected chi connectivity index (χ3v) is 2.73. The number of hydrogen-bond donors (Lipinski definition) is 2. The van der Waals surface area contributed by atoms with Crippen LogP contribution in [0, 0.1) is 11.8 Å². The van der Waals surface area contributed by atoms with Gasteiger partial charge in [-0.15, -0.1) is 0 Å². The molecular formula is C17H15NO2. The van der Waals surface area contributed by atoms with Crippen LogP contribution in [0.4, 0.5) is 0 Å². The second-order valence-electron chi connectivity index (χ2n) is 4.29. The Morgan fingerprint density at radius 3 is 2.45 bits per heavy atom. The molecule has 0 radical (unpaired) electrons. The third kappa shape index (κ3) is 4.51. The van der Waals surface area contributed by atoms with E-state index in [1.807, 2.05) is 42.5 Å². The molecule has 0 unspecified atom stereocenters. The van der Waals surface area contributed by atoms with E-state index in [0.29, 0.717) is 13.0 Å². The van der Waals surface area contributed by atoms with Crippen molar-refractivity contribution in [1.82, 2.24) is 5.32 Å².